The molecule has 1 aromatic rings. The summed E-state index contributed by atoms with van der Waals surface area (Å²) in [5.74, 6) is 0. The smallest absolute Gasteiger partial charge is 0.295 e. The largest absolute Gasteiger partial charge is 0.513 e. The Balaban J connectivity index is 2.80. The molecule has 0 aromatic carbocycles. The molecule has 1 heterocycles. The van der Waals surface area contributed by atoms with Crippen molar-refractivity contribution in [2.45, 2.75) is 6.54 Å². The number of nitrogens with one attached hydrogen (secondary N) is 1. The molecule has 0 fully saturated rings. The molecule has 1 rings (SSSR count). The molecule has 13 heteroatoms. The molecule has 9 nitrogen and oxygen atoms in total. The maximum atomic E-state index is 12.2. The highest BCUT2D eigenvalue weighted by Gasteiger charge is 2.39. The first-order chi connectivity index (χ1) is 10.6. The van der Waals surface area contributed by atoms with E-state index < -0.39 is 34.9 Å². The van der Waals surface area contributed by atoms with E-state index in [-0.39, 0.29) is 17.7 Å². The van der Waals surface area contributed by atoms with Gasteiger partial charge in [0.05, 0.1) is 6.16 Å². The topological polar surface area (TPSA) is 125 Å². The van der Waals surface area contributed by atoms with Gasteiger partial charge >= 0.3 is 29.3 Å². The molecule has 0 amide bonds. The summed E-state index contributed by atoms with van der Waals surface area (Å²) in [6, 6.07) is 0. The molecule has 0 radical (unpaired) electrons. The van der Waals surface area contributed by atoms with E-state index >= 15 is 0 Å². The lowest BCUT2D eigenvalue weighted by molar-refractivity contribution is 0.397. The highest BCUT2D eigenvalue weighted by molar-refractivity contribution is 7.66. The maximum absolute atomic E-state index is 12.2. The van der Waals surface area contributed by atoms with Crippen LogP contribution in [0.15, 0.2) is 27.9 Å². The van der Waals surface area contributed by atoms with Crippen molar-refractivity contribution in [3.8, 4) is 0 Å². The van der Waals surface area contributed by atoms with Crippen molar-refractivity contribution in [2.24, 2.45) is 0 Å². The van der Waals surface area contributed by atoms with Crippen molar-refractivity contribution in [3.05, 3.63) is 44.2 Å². The molecular formula is C10H14ClN2O7P3+2. The number of aromatic amines is 1. The first kappa shape index (κ1) is 20.1. The lowest BCUT2D eigenvalue weighted by atomic mass is 10.5. The quantitative estimate of drug-likeness (QED) is 0.523. The Morgan fingerprint density at radius 1 is 1.26 bits per heavy atom. The maximum Gasteiger partial charge on any atom is 0.513 e. The summed E-state index contributed by atoms with van der Waals surface area (Å²) < 4.78 is 44.9. The summed E-state index contributed by atoms with van der Waals surface area (Å²) in [5.41, 5.74) is -1.35. The number of hydrogen-bond acceptors (Lipinski definition) is 7. The second-order valence-electron chi connectivity index (χ2n) is 4.20. The molecule has 0 aliphatic carbocycles. The normalized spacial score (nSPS) is 15.4. The van der Waals surface area contributed by atoms with Crippen molar-refractivity contribution >= 4 is 35.3 Å². The van der Waals surface area contributed by atoms with Gasteiger partial charge in [-0.2, -0.15) is 0 Å². The van der Waals surface area contributed by atoms with Crippen molar-refractivity contribution < 1.29 is 22.3 Å². The fraction of sp³-hybridized carbons (Fsp3) is 0.400. The first-order valence-electron chi connectivity index (χ1n) is 6.07. The van der Waals surface area contributed by atoms with Gasteiger partial charge in [-0.3, -0.25) is 18.9 Å². The molecule has 23 heavy (non-hydrogen) atoms. The number of rotatable bonds is 8. The molecule has 0 bridgehead atoms. The molecule has 0 saturated heterocycles. The Hall–Kier alpha value is -0.940. The summed E-state index contributed by atoms with van der Waals surface area (Å²) in [7, 11) is -8.23. The molecule has 2 unspecified atom stereocenters. The van der Waals surface area contributed by atoms with E-state index in [1.54, 1.807) is 0 Å². The van der Waals surface area contributed by atoms with Crippen molar-refractivity contribution in [2.75, 3.05) is 19.5 Å². The van der Waals surface area contributed by atoms with Gasteiger partial charge in [0.1, 0.15) is 5.02 Å². The van der Waals surface area contributed by atoms with Crippen LogP contribution in [-0.2, 0) is 28.9 Å². The average Bonchev–Trinajstić information content (AvgIpc) is 2.38. The van der Waals surface area contributed by atoms with Gasteiger partial charge < -0.3 is 0 Å². The van der Waals surface area contributed by atoms with Gasteiger partial charge in [-0.1, -0.05) is 32.4 Å². The zero-order valence-electron chi connectivity index (χ0n) is 12.2. The van der Waals surface area contributed by atoms with Gasteiger partial charge in [-0.25, -0.2) is 4.79 Å². The monoisotopic (exact) mass is 402 g/mol. The SMILES string of the molecule is C[P+](=O)OP(=O)(C/C=C/Cn1cc(Cl)c(=O)[nH]c1=O)O[P+](C)=O. The zero-order chi connectivity index (χ0) is 17.6. The Morgan fingerprint density at radius 3 is 2.35 bits per heavy atom. The van der Waals surface area contributed by atoms with E-state index in [0.29, 0.717) is 0 Å². The van der Waals surface area contributed by atoms with E-state index in [9.17, 15) is 23.3 Å². The van der Waals surface area contributed by atoms with Gasteiger partial charge in [0, 0.05) is 12.7 Å². The van der Waals surface area contributed by atoms with Crippen LogP contribution in [0, 0.1) is 0 Å². The van der Waals surface area contributed by atoms with Crippen LogP contribution in [0.25, 0.3) is 0 Å². The van der Waals surface area contributed by atoms with Crippen molar-refractivity contribution in [3.63, 3.8) is 0 Å². The molecule has 2 atom stereocenters. The number of halogens is 1. The van der Waals surface area contributed by atoms with Gasteiger partial charge in [-0.15, -0.1) is 0 Å². The lowest BCUT2D eigenvalue weighted by Gasteiger charge is -2.02. The fourth-order valence-corrected chi connectivity index (χ4v) is 5.74. The molecule has 1 N–H and O–H groups in total. The molecule has 0 aliphatic rings. The first-order valence-corrected chi connectivity index (χ1v) is 11.4. The zero-order valence-corrected chi connectivity index (χ0v) is 15.6. The summed E-state index contributed by atoms with van der Waals surface area (Å²) in [6.45, 7) is 2.42. The molecule has 0 aliphatic heterocycles. The highest BCUT2D eigenvalue weighted by Crippen LogP contribution is 2.59. The third-order valence-electron chi connectivity index (χ3n) is 2.24. The Morgan fingerprint density at radius 2 is 1.83 bits per heavy atom. The van der Waals surface area contributed by atoms with Crippen molar-refractivity contribution in [1.82, 2.24) is 9.55 Å². The van der Waals surface area contributed by atoms with Crippen LogP contribution in [0.5, 0.6) is 0 Å². The van der Waals surface area contributed by atoms with E-state index in [0.717, 1.165) is 10.8 Å². The van der Waals surface area contributed by atoms with Gasteiger partial charge in [-0.05, 0) is 9.13 Å². The Kier molecular flexibility index (Phi) is 7.68. The van der Waals surface area contributed by atoms with E-state index in [1.165, 1.54) is 25.5 Å². The number of hydrogen-bond donors (Lipinski definition) is 1. The second-order valence-corrected chi connectivity index (χ2v) is 9.26. The second kappa shape index (κ2) is 8.78. The number of aromatic nitrogens is 2. The summed E-state index contributed by atoms with van der Waals surface area (Å²) >= 11 is 5.61. The van der Waals surface area contributed by atoms with Crippen molar-refractivity contribution in [1.29, 1.82) is 0 Å². The van der Waals surface area contributed by atoms with E-state index in [4.69, 9.17) is 20.2 Å². The number of allylic oxidation sites excluding steroid dienone is 2. The van der Waals surface area contributed by atoms with Gasteiger partial charge in [0.15, 0.2) is 13.3 Å². The lowest BCUT2D eigenvalue weighted by Crippen LogP contribution is -2.29. The third-order valence-corrected chi connectivity index (χ3v) is 7.00. The number of nitrogens with zero attached hydrogens (tertiary/aromatic N) is 1. The average molecular weight is 403 g/mol. The molecule has 126 valence electrons. The van der Waals surface area contributed by atoms with Crippen LogP contribution >= 0.6 is 35.3 Å². The highest BCUT2D eigenvalue weighted by atomic mass is 35.5. The standard InChI is InChI=1S/C10H13ClN2O7P3/c1-21(16)19-23(18,20-22(2)17)6-4-3-5-13-7-8(11)9(14)12-10(13)15/h3-4,7H,5-6H2,1-2H3/q+1/p+1/b4-3+. The Bertz CT molecular complexity index is 780. The van der Waals surface area contributed by atoms with Gasteiger partial charge in [0.25, 0.3) is 5.56 Å². The molecule has 1 aromatic heterocycles. The molecule has 0 spiro atoms. The van der Waals surface area contributed by atoms with Crippen LogP contribution in [0.1, 0.15) is 0 Å². The van der Waals surface area contributed by atoms with Gasteiger partial charge in [0.2, 0.25) is 0 Å². The summed E-state index contributed by atoms with van der Waals surface area (Å²) in [5, 5.41) is -0.152. The summed E-state index contributed by atoms with van der Waals surface area (Å²) in [6.07, 6.45) is 3.69. The van der Waals surface area contributed by atoms with E-state index in [2.05, 4.69) is 0 Å². The minimum atomic E-state index is -3.81. The van der Waals surface area contributed by atoms with E-state index in [1.807, 2.05) is 4.98 Å². The van der Waals surface area contributed by atoms with Crippen LogP contribution < -0.4 is 11.2 Å². The number of H-pyrrole nitrogens is 1. The van der Waals surface area contributed by atoms with Crippen LogP contribution in [0.2, 0.25) is 5.02 Å². The predicted molar refractivity (Wildman–Crippen MR) is 87.2 cm³/mol. The van der Waals surface area contributed by atoms with Crippen LogP contribution in [0.3, 0.4) is 0 Å². The minimum absolute atomic E-state index is 0.0336. The fourth-order valence-electron chi connectivity index (χ4n) is 1.44. The summed E-state index contributed by atoms with van der Waals surface area (Å²) in [4.78, 5) is 24.6. The minimum Gasteiger partial charge on any atom is -0.295 e. The molecule has 0 saturated carbocycles. The van der Waals surface area contributed by atoms with Crippen LogP contribution in [-0.4, -0.2) is 29.0 Å². The molecular weight excluding hydrogens is 388 g/mol. The predicted octanol–water partition coefficient (Wildman–Crippen LogP) is 2.72. The van der Waals surface area contributed by atoms with Crippen LogP contribution in [0.4, 0.5) is 0 Å². The Labute approximate surface area is 137 Å². The third kappa shape index (κ3) is 7.00.